The van der Waals surface area contributed by atoms with Crippen LogP contribution in [-0.4, -0.2) is 119 Å². The maximum Gasteiger partial charge on any atom is 0.403 e. The molecule has 4 bridgehead atoms. The van der Waals surface area contributed by atoms with Gasteiger partial charge in [0.2, 0.25) is 0 Å². The molecule has 0 spiro atoms. The second-order valence-corrected chi connectivity index (χ2v) is 17.4. The molecule has 2 saturated heterocycles. The number of carbonyl (C=O) groups excluding carboxylic acids is 3. The number of amides is 4. The van der Waals surface area contributed by atoms with Crippen LogP contribution in [0.5, 0.6) is 11.5 Å². The van der Waals surface area contributed by atoms with Crippen LogP contribution in [-0.2, 0) is 12.8 Å². The van der Waals surface area contributed by atoms with Gasteiger partial charge in [0.25, 0.3) is 0 Å². The van der Waals surface area contributed by atoms with Crippen LogP contribution in [0, 0.1) is 5.92 Å². The first-order valence-electron chi connectivity index (χ1n) is 22.4. The highest BCUT2D eigenvalue weighted by Crippen LogP contribution is 2.41. The molecule has 6 aliphatic rings. The maximum atomic E-state index is 13.3. The minimum Gasteiger partial charge on any atom is -0.492 e. The van der Waals surface area contributed by atoms with Gasteiger partial charge in [-0.2, -0.15) is 26.3 Å². The Hall–Kier alpha value is -6.98. The van der Waals surface area contributed by atoms with E-state index in [0.29, 0.717) is 61.6 Å². The third-order valence-corrected chi connectivity index (χ3v) is 12.5. The number of hydrogen-bond acceptors (Lipinski definition) is 13. The summed E-state index contributed by atoms with van der Waals surface area (Å²) in [5.41, 5.74) is 7.72. The zero-order valence-corrected chi connectivity index (χ0v) is 37.4. The highest BCUT2D eigenvalue weighted by Gasteiger charge is 2.43. The molecule has 5 N–H and O–H groups in total. The van der Waals surface area contributed by atoms with Crippen molar-refractivity contribution in [2.75, 3.05) is 69.6 Å². The van der Waals surface area contributed by atoms with Gasteiger partial charge in [-0.15, -0.1) is 0 Å². The maximum absolute atomic E-state index is 13.3. The molecule has 24 heteroatoms. The van der Waals surface area contributed by atoms with Gasteiger partial charge in [0.15, 0.2) is 23.1 Å². The summed E-state index contributed by atoms with van der Waals surface area (Å²) in [6.07, 6.45) is -1.12. The monoisotopic (exact) mass is 969 g/mol. The quantitative estimate of drug-likeness (QED) is 0.111. The highest BCUT2D eigenvalue weighted by atomic mass is 19.4. The number of ether oxygens (including phenoxy) is 2. The van der Waals surface area contributed by atoms with E-state index in [4.69, 9.17) is 9.47 Å². The molecule has 368 valence electrons. The van der Waals surface area contributed by atoms with Crippen LogP contribution in [0.2, 0.25) is 0 Å². The average molecular weight is 970 g/mol. The number of nitrogens with zero attached hydrogens (tertiary/aromatic N) is 8. The van der Waals surface area contributed by atoms with Gasteiger partial charge in [-0.25, -0.2) is 34.3 Å². The Morgan fingerprint density at radius 1 is 0.739 bits per heavy atom. The Kier molecular flexibility index (Phi) is 13.7. The van der Waals surface area contributed by atoms with Crippen molar-refractivity contribution in [3.8, 4) is 11.5 Å². The molecule has 4 aromatic heterocycles. The zero-order valence-electron chi connectivity index (χ0n) is 37.4. The van der Waals surface area contributed by atoms with E-state index >= 15 is 0 Å². The molecule has 2 fully saturated rings. The number of urea groups is 2. The highest BCUT2D eigenvalue weighted by molar-refractivity contribution is 6.06. The summed E-state index contributed by atoms with van der Waals surface area (Å²) in [6.45, 7) is 6.04. The predicted molar refractivity (Wildman–Crippen MR) is 240 cm³/mol. The molecule has 0 aromatic carbocycles. The Labute approximate surface area is 391 Å². The smallest absolute Gasteiger partial charge is 0.403 e. The fraction of sp³-hybridized carbons (Fsp3) is 0.467. The lowest BCUT2D eigenvalue weighted by molar-refractivity contribution is -0.168. The Balaban J connectivity index is 0.000000166. The molecular formula is C45H49F6N11O7. The topological polar surface area (TPSA) is 222 Å². The normalized spacial score (nSPS) is 19.3. The number of ketones is 1. The van der Waals surface area contributed by atoms with Gasteiger partial charge in [0.05, 0.1) is 61.0 Å². The van der Waals surface area contributed by atoms with Crippen molar-refractivity contribution in [2.45, 2.75) is 89.3 Å². The van der Waals surface area contributed by atoms with Crippen molar-refractivity contribution in [1.82, 2.24) is 19.9 Å². The number of aromatic nitrogens is 4. The van der Waals surface area contributed by atoms with Gasteiger partial charge in [-0.05, 0) is 93.0 Å². The Morgan fingerprint density at radius 2 is 1.19 bits per heavy atom. The largest absolute Gasteiger partial charge is 0.492 e. The number of fused-ring (bicyclic) bond motifs is 10. The summed E-state index contributed by atoms with van der Waals surface area (Å²) >= 11 is 0. The molecule has 18 nitrogen and oxygen atoms in total. The van der Waals surface area contributed by atoms with Crippen molar-refractivity contribution in [2.24, 2.45) is 11.7 Å². The van der Waals surface area contributed by atoms with E-state index in [1.165, 1.54) is 17.0 Å². The number of nitrogens with two attached hydrogens (primary N) is 1. The summed E-state index contributed by atoms with van der Waals surface area (Å²) in [5, 5.41) is 15.0. The number of alkyl halides is 6. The first kappa shape index (κ1) is 48.5. The van der Waals surface area contributed by atoms with E-state index in [1.807, 2.05) is 6.07 Å². The van der Waals surface area contributed by atoms with Gasteiger partial charge >= 0.3 is 30.4 Å². The standard InChI is InChI=1S/C23H24F3N5O3.C19H19N5O4.C3H6F3N/c1-13(23(24,25)26)9-18(32)16-4-5-17-21(28-16)31(15-6-7-30(17)12-15)22(33)29-20-10-14-3-2-8-34-19(14)11-27-20;25-18(26)13-3-4-14-17(21-13)24(12-5-6-23(14)10-12)19(27)22-16-8-11-2-1-7-28-15(11)9-20-16;1-2(7)3(4,5)6/h4-5,10-11,13,15H,2-3,6-9,12H2,1H3,(H,27,29,33);3-4,8-9,12H,1-2,5-7,10H2,(H,25,26)(H,20,22,27);2H,7H2,1H3/t13-,15-;12-;2-/m001/s1. The van der Waals surface area contributed by atoms with Crippen LogP contribution in [0.4, 0.5) is 70.6 Å². The van der Waals surface area contributed by atoms with E-state index in [-0.39, 0.29) is 35.3 Å². The number of halogens is 6. The minimum absolute atomic E-state index is 0.0509. The number of aromatic carboxylic acids is 1. The van der Waals surface area contributed by atoms with E-state index in [1.54, 1.807) is 35.5 Å². The van der Waals surface area contributed by atoms with Crippen molar-refractivity contribution in [3.63, 3.8) is 0 Å². The number of nitrogens with one attached hydrogen (secondary N) is 2. The Morgan fingerprint density at radius 3 is 1.62 bits per heavy atom. The molecule has 69 heavy (non-hydrogen) atoms. The van der Waals surface area contributed by atoms with Crippen LogP contribution in [0.3, 0.4) is 0 Å². The van der Waals surface area contributed by atoms with Crippen LogP contribution in [0.25, 0.3) is 0 Å². The lowest BCUT2D eigenvalue weighted by Gasteiger charge is -2.35. The summed E-state index contributed by atoms with van der Waals surface area (Å²) < 4.78 is 83.1. The van der Waals surface area contributed by atoms with Gasteiger partial charge in [0, 0.05) is 32.6 Å². The number of carbonyl (C=O) groups is 4. The fourth-order valence-corrected chi connectivity index (χ4v) is 8.70. The van der Waals surface area contributed by atoms with E-state index < -0.39 is 48.5 Å². The molecule has 0 aliphatic carbocycles. The zero-order chi connectivity index (χ0) is 49.4. The Bertz CT molecular complexity index is 2620. The van der Waals surface area contributed by atoms with Crippen LogP contribution in [0.15, 0.2) is 48.8 Å². The first-order chi connectivity index (χ1) is 32.7. The third kappa shape index (κ3) is 10.7. The number of pyridine rings is 4. The molecule has 4 aromatic rings. The number of carboxylic acids is 1. The van der Waals surface area contributed by atoms with E-state index in [9.17, 15) is 50.6 Å². The van der Waals surface area contributed by atoms with Crippen molar-refractivity contribution >= 4 is 58.5 Å². The number of rotatable bonds is 6. The minimum atomic E-state index is -4.46. The second kappa shape index (κ2) is 19.6. The molecule has 0 unspecified atom stereocenters. The summed E-state index contributed by atoms with van der Waals surface area (Å²) in [7, 11) is 0. The number of aryl methyl sites for hydroxylation is 2. The molecule has 10 heterocycles. The fourth-order valence-electron chi connectivity index (χ4n) is 8.70. The number of Topliss-reactive ketones (excluding diaryl/α,β-unsaturated/α-hetero) is 1. The van der Waals surface area contributed by atoms with Gasteiger partial charge in [-0.1, -0.05) is 6.92 Å². The SMILES string of the molecule is C[C@@H](CC(=O)c1ccc2c(n1)N(C(=O)Nc1cc3c(cn1)OCCC3)[C@H]1CCN2C1)C(F)(F)F.C[C@@H](N)C(F)(F)F.O=C(O)c1ccc2c(n1)N(C(=O)Nc1cc3c(cn1)OCCC3)[C@H]1CCN2C1. The summed E-state index contributed by atoms with van der Waals surface area (Å²) in [6, 6.07) is 7.18. The van der Waals surface area contributed by atoms with Crippen LogP contribution >= 0.6 is 0 Å². The first-order valence-corrected chi connectivity index (χ1v) is 22.4. The summed E-state index contributed by atoms with van der Waals surface area (Å²) in [4.78, 5) is 74.8. The summed E-state index contributed by atoms with van der Waals surface area (Å²) in [5.74, 6) is -0.664. The van der Waals surface area contributed by atoms with Crippen molar-refractivity contribution < 1.29 is 60.1 Å². The number of carboxylic acid groups (broad SMARTS) is 1. The molecular weight excluding hydrogens is 921 g/mol. The number of hydrogen-bond donors (Lipinski definition) is 4. The lowest BCUT2D eigenvalue weighted by Crippen LogP contribution is -2.48. The molecule has 0 radical (unpaired) electrons. The molecule has 4 atom stereocenters. The molecule has 6 aliphatic heterocycles. The van der Waals surface area contributed by atoms with Crippen molar-refractivity contribution in [3.05, 3.63) is 71.3 Å². The lowest BCUT2D eigenvalue weighted by atomic mass is 10.0. The second-order valence-electron chi connectivity index (χ2n) is 17.4. The molecule has 4 amide bonds. The van der Waals surface area contributed by atoms with Gasteiger partial charge in [-0.3, -0.25) is 25.2 Å². The average Bonchev–Trinajstić information content (AvgIpc) is 3.93. The van der Waals surface area contributed by atoms with E-state index in [0.717, 1.165) is 81.6 Å². The molecule has 0 saturated carbocycles. The van der Waals surface area contributed by atoms with Crippen LogP contribution in [0.1, 0.15) is 78.1 Å². The predicted octanol–water partition coefficient (Wildman–Crippen LogP) is 7.23. The van der Waals surface area contributed by atoms with Gasteiger partial charge in [0.1, 0.15) is 28.8 Å². The van der Waals surface area contributed by atoms with Gasteiger partial charge < -0.3 is 30.1 Å². The van der Waals surface area contributed by atoms with Crippen LogP contribution < -0.4 is 45.4 Å². The van der Waals surface area contributed by atoms with Crippen molar-refractivity contribution in [1.29, 1.82) is 0 Å². The third-order valence-electron chi connectivity index (χ3n) is 12.5. The molecule has 10 rings (SSSR count). The number of anilines is 6. The van der Waals surface area contributed by atoms with E-state index in [2.05, 4.69) is 46.1 Å².